The maximum absolute atomic E-state index is 11.7. The maximum Gasteiger partial charge on any atom is 0.319 e. The van der Waals surface area contributed by atoms with Crippen LogP contribution in [0.2, 0.25) is 0 Å². The average molecular weight is 293 g/mol. The second-order valence-electron chi connectivity index (χ2n) is 5.13. The van der Waals surface area contributed by atoms with E-state index in [0.717, 1.165) is 5.56 Å². The molecule has 1 rings (SSSR count). The lowest BCUT2D eigenvalue weighted by Gasteiger charge is -2.13. The van der Waals surface area contributed by atoms with E-state index in [4.69, 9.17) is 5.11 Å². The molecule has 0 aliphatic rings. The van der Waals surface area contributed by atoms with E-state index in [2.05, 4.69) is 16.0 Å². The molecule has 6 heteroatoms. The van der Waals surface area contributed by atoms with Gasteiger partial charge in [-0.15, -0.1) is 0 Å². The summed E-state index contributed by atoms with van der Waals surface area (Å²) in [6, 6.07) is 5.02. The van der Waals surface area contributed by atoms with Crippen LogP contribution in [0.15, 0.2) is 18.2 Å². The zero-order chi connectivity index (χ0) is 15.8. The van der Waals surface area contributed by atoms with E-state index in [1.807, 2.05) is 26.8 Å². The Balaban J connectivity index is 2.69. The Morgan fingerprint density at radius 2 is 1.95 bits per heavy atom. The molecule has 0 aromatic heterocycles. The Morgan fingerprint density at radius 3 is 2.57 bits per heavy atom. The molecule has 0 spiro atoms. The molecule has 0 saturated heterocycles. The van der Waals surface area contributed by atoms with E-state index in [1.54, 1.807) is 12.1 Å². The fourth-order valence-electron chi connectivity index (χ4n) is 1.57. The summed E-state index contributed by atoms with van der Waals surface area (Å²) in [6.45, 7) is 5.95. The van der Waals surface area contributed by atoms with Crippen LogP contribution in [-0.2, 0) is 4.79 Å². The minimum atomic E-state index is -0.334. The standard InChI is InChI=1S/C15H23N3O3/c1-10(2)14(20)17-12-6-5-11(3)13(9-12)18-15(21)16-7-4-8-19/h5-6,9-10,19H,4,7-8H2,1-3H3,(H,17,20)(H2,16,18,21). The van der Waals surface area contributed by atoms with Gasteiger partial charge in [-0.3, -0.25) is 4.79 Å². The molecule has 1 aromatic carbocycles. The molecule has 3 amide bonds. The van der Waals surface area contributed by atoms with Gasteiger partial charge in [0.1, 0.15) is 0 Å². The van der Waals surface area contributed by atoms with Crippen molar-refractivity contribution in [2.45, 2.75) is 27.2 Å². The number of carbonyl (C=O) groups is 2. The number of aliphatic hydroxyl groups is 1. The Bertz CT molecular complexity index is 501. The third-order valence-corrected chi connectivity index (χ3v) is 2.90. The highest BCUT2D eigenvalue weighted by molar-refractivity contribution is 5.94. The number of hydrogen-bond acceptors (Lipinski definition) is 3. The quantitative estimate of drug-likeness (QED) is 0.605. The Labute approximate surface area is 124 Å². The SMILES string of the molecule is Cc1ccc(NC(=O)C(C)C)cc1NC(=O)NCCCO. The molecule has 0 radical (unpaired) electrons. The van der Waals surface area contributed by atoms with Crippen LogP contribution in [0.1, 0.15) is 25.8 Å². The van der Waals surface area contributed by atoms with Gasteiger partial charge in [-0.05, 0) is 31.0 Å². The van der Waals surface area contributed by atoms with E-state index >= 15 is 0 Å². The van der Waals surface area contributed by atoms with E-state index < -0.39 is 0 Å². The molecule has 0 atom stereocenters. The van der Waals surface area contributed by atoms with Gasteiger partial charge < -0.3 is 21.1 Å². The second kappa shape index (κ2) is 8.26. The predicted molar refractivity (Wildman–Crippen MR) is 83.4 cm³/mol. The van der Waals surface area contributed by atoms with Crippen molar-refractivity contribution in [3.63, 3.8) is 0 Å². The first-order valence-electron chi connectivity index (χ1n) is 7.01. The molecule has 1 aromatic rings. The minimum absolute atomic E-state index is 0.0377. The fraction of sp³-hybridized carbons (Fsp3) is 0.467. The largest absolute Gasteiger partial charge is 0.396 e. The monoisotopic (exact) mass is 293 g/mol. The second-order valence-corrected chi connectivity index (χ2v) is 5.13. The zero-order valence-corrected chi connectivity index (χ0v) is 12.7. The van der Waals surface area contributed by atoms with Crippen LogP contribution in [0, 0.1) is 12.8 Å². The molecule has 0 heterocycles. The number of rotatable bonds is 6. The number of aryl methyl sites for hydroxylation is 1. The van der Waals surface area contributed by atoms with Gasteiger partial charge in [0.15, 0.2) is 0 Å². The summed E-state index contributed by atoms with van der Waals surface area (Å²) >= 11 is 0. The number of anilines is 2. The number of aliphatic hydroxyl groups excluding tert-OH is 1. The van der Waals surface area contributed by atoms with Crippen molar-refractivity contribution in [2.24, 2.45) is 5.92 Å². The first-order valence-corrected chi connectivity index (χ1v) is 7.01. The van der Waals surface area contributed by atoms with Crippen LogP contribution < -0.4 is 16.0 Å². The van der Waals surface area contributed by atoms with Gasteiger partial charge in [0.2, 0.25) is 5.91 Å². The molecule has 4 N–H and O–H groups in total. The third kappa shape index (κ3) is 5.83. The molecular formula is C15H23N3O3. The van der Waals surface area contributed by atoms with Gasteiger partial charge in [0.05, 0.1) is 0 Å². The van der Waals surface area contributed by atoms with E-state index in [9.17, 15) is 9.59 Å². The van der Waals surface area contributed by atoms with Crippen LogP contribution in [0.4, 0.5) is 16.2 Å². The summed E-state index contributed by atoms with van der Waals surface area (Å²) in [6.07, 6.45) is 0.511. The highest BCUT2D eigenvalue weighted by atomic mass is 16.3. The van der Waals surface area contributed by atoms with Crippen LogP contribution in [0.25, 0.3) is 0 Å². The molecule has 6 nitrogen and oxygen atoms in total. The van der Waals surface area contributed by atoms with Crippen LogP contribution in [0.5, 0.6) is 0 Å². The molecule has 0 bridgehead atoms. The number of urea groups is 1. The Hall–Kier alpha value is -2.08. The normalized spacial score (nSPS) is 10.3. The van der Waals surface area contributed by atoms with Gasteiger partial charge in [-0.1, -0.05) is 19.9 Å². The highest BCUT2D eigenvalue weighted by Crippen LogP contribution is 2.20. The van der Waals surface area contributed by atoms with E-state index in [-0.39, 0.29) is 24.5 Å². The lowest BCUT2D eigenvalue weighted by molar-refractivity contribution is -0.118. The van der Waals surface area contributed by atoms with E-state index in [1.165, 1.54) is 0 Å². The van der Waals surface area contributed by atoms with Crippen molar-refractivity contribution in [1.82, 2.24) is 5.32 Å². The summed E-state index contributed by atoms with van der Waals surface area (Å²) in [5.41, 5.74) is 2.18. The minimum Gasteiger partial charge on any atom is -0.396 e. The summed E-state index contributed by atoms with van der Waals surface area (Å²) in [4.78, 5) is 23.4. The Morgan fingerprint density at radius 1 is 1.24 bits per heavy atom. The molecule has 21 heavy (non-hydrogen) atoms. The summed E-state index contributed by atoms with van der Waals surface area (Å²) in [7, 11) is 0. The first kappa shape index (κ1) is 17.0. The third-order valence-electron chi connectivity index (χ3n) is 2.90. The van der Waals surface area contributed by atoms with E-state index in [0.29, 0.717) is 24.3 Å². The summed E-state index contributed by atoms with van der Waals surface area (Å²) in [5, 5.41) is 16.8. The van der Waals surface area contributed by atoms with Gasteiger partial charge in [-0.2, -0.15) is 0 Å². The van der Waals surface area contributed by atoms with Gasteiger partial charge >= 0.3 is 6.03 Å². The molecular weight excluding hydrogens is 270 g/mol. The van der Waals surface area contributed by atoms with Crippen molar-refractivity contribution in [3.05, 3.63) is 23.8 Å². The summed E-state index contributed by atoms with van der Waals surface area (Å²) < 4.78 is 0. The van der Waals surface area contributed by atoms with Crippen molar-refractivity contribution < 1.29 is 14.7 Å². The topological polar surface area (TPSA) is 90.5 Å². The zero-order valence-electron chi connectivity index (χ0n) is 12.7. The number of amides is 3. The van der Waals surface area contributed by atoms with Crippen LogP contribution >= 0.6 is 0 Å². The smallest absolute Gasteiger partial charge is 0.319 e. The molecule has 0 unspecified atom stereocenters. The molecule has 0 saturated carbocycles. The number of hydrogen-bond donors (Lipinski definition) is 4. The lowest BCUT2D eigenvalue weighted by Crippen LogP contribution is -2.30. The van der Waals surface area contributed by atoms with Crippen molar-refractivity contribution >= 4 is 23.3 Å². The van der Waals surface area contributed by atoms with Gasteiger partial charge in [0, 0.05) is 30.4 Å². The molecule has 0 aliphatic carbocycles. The Kier molecular flexibility index (Phi) is 6.68. The van der Waals surface area contributed by atoms with Crippen molar-refractivity contribution in [2.75, 3.05) is 23.8 Å². The average Bonchev–Trinajstić information content (AvgIpc) is 2.42. The van der Waals surface area contributed by atoms with Gasteiger partial charge in [0.25, 0.3) is 0 Å². The molecule has 0 fully saturated rings. The van der Waals surface area contributed by atoms with Gasteiger partial charge in [-0.25, -0.2) is 4.79 Å². The van der Waals surface area contributed by atoms with Crippen molar-refractivity contribution in [1.29, 1.82) is 0 Å². The molecule has 116 valence electrons. The summed E-state index contributed by atoms with van der Waals surface area (Å²) in [5.74, 6) is -0.179. The highest BCUT2D eigenvalue weighted by Gasteiger charge is 2.09. The van der Waals surface area contributed by atoms with Crippen LogP contribution in [-0.4, -0.2) is 30.2 Å². The van der Waals surface area contributed by atoms with Crippen LogP contribution in [0.3, 0.4) is 0 Å². The number of carbonyl (C=O) groups excluding carboxylic acids is 2. The fourth-order valence-corrected chi connectivity index (χ4v) is 1.57. The maximum atomic E-state index is 11.7. The number of nitrogens with one attached hydrogen (secondary N) is 3. The predicted octanol–water partition coefficient (Wildman–Crippen LogP) is 2.09. The number of benzene rings is 1. The molecule has 0 aliphatic heterocycles. The lowest BCUT2D eigenvalue weighted by atomic mass is 10.1. The first-order chi connectivity index (χ1) is 9.93. The van der Waals surface area contributed by atoms with Crippen molar-refractivity contribution in [3.8, 4) is 0 Å².